The number of aryl methyl sites for hydroxylation is 1. The van der Waals surface area contributed by atoms with Crippen molar-refractivity contribution in [3.63, 3.8) is 0 Å². The Kier molecular flexibility index (Phi) is 6.38. The van der Waals surface area contributed by atoms with E-state index in [1.807, 2.05) is 36.4 Å². The molecule has 8 heteroatoms. The molecule has 0 spiro atoms. The van der Waals surface area contributed by atoms with Crippen LogP contribution < -0.4 is 16.0 Å². The summed E-state index contributed by atoms with van der Waals surface area (Å²) >= 11 is 0. The molecule has 2 aromatic carbocycles. The smallest absolute Gasteiger partial charge is 0.222 e. The SMILES string of the molecule is Cc1cccc(N2C(N3CCOCC3)=NC(N)=NC2Nc2ccccc2)c1.Cl. The summed E-state index contributed by atoms with van der Waals surface area (Å²) in [7, 11) is 0. The fraction of sp³-hybridized carbons (Fsp3) is 0.300. The Balaban J connectivity index is 0.00000225. The number of nitrogens with one attached hydrogen (secondary N) is 1. The highest BCUT2D eigenvalue weighted by Crippen LogP contribution is 2.25. The lowest BCUT2D eigenvalue weighted by Crippen LogP contribution is -2.57. The second kappa shape index (κ2) is 8.95. The van der Waals surface area contributed by atoms with Crippen LogP contribution in [0.4, 0.5) is 11.4 Å². The highest BCUT2D eigenvalue weighted by molar-refractivity contribution is 6.06. The number of para-hydroxylation sites is 1. The van der Waals surface area contributed by atoms with E-state index in [0.29, 0.717) is 13.2 Å². The largest absolute Gasteiger partial charge is 0.378 e. The van der Waals surface area contributed by atoms with Crippen LogP contribution in [0.15, 0.2) is 64.6 Å². The molecule has 4 rings (SSSR count). The third-order valence-corrected chi connectivity index (χ3v) is 4.57. The predicted octanol–water partition coefficient (Wildman–Crippen LogP) is 2.64. The Morgan fingerprint density at radius 2 is 1.82 bits per heavy atom. The van der Waals surface area contributed by atoms with E-state index in [0.717, 1.165) is 30.4 Å². The average Bonchev–Trinajstić information content (AvgIpc) is 2.69. The molecule has 0 saturated carbocycles. The summed E-state index contributed by atoms with van der Waals surface area (Å²) in [6, 6.07) is 18.3. The van der Waals surface area contributed by atoms with Gasteiger partial charge in [0.15, 0.2) is 0 Å². The molecule has 1 fully saturated rings. The first-order valence-electron chi connectivity index (χ1n) is 9.13. The number of ether oxygens (including phenoxy) is 1. The fourth-order valence-corrected chi connectivity index (χ4v) is 3.28. The zero-order valence-corrected chi connectivity index (χ0v) is 16.6. The van der Waals surface area contributed by atoms with Crippen LogP contribution in [0, 0.1) is 6.92 Å². The van der Waals surface area contributed by atoms with Gasteiger partial charge in [0, 0.05) is 24.5 Å². The van der Waals surface area contributed by atoms with Crippen molar-refractivity contribution in [1.29, 1.82) is 0 Å². The fourth-order valence-electron chi connectivity index (χ4n) is 3.28. The van der Waals surface area contributed by atoms with Gasteiger partial charge in [-0.2, -0.15) is 4.99 Å². The van der Waals surface area contributed by atoms with Gasteiger partial charge in [0.1, 0.15) is 0 Å². The topological polar surface area (TPSA) is 78.5 Å². The molecule has 1 atom stereocenters. The lowest BCUT2D eigenvalue weighted by Gasteiger charge is -2.41. The van der Waals surface area contributed by atoms with Crippen LogP contribution in [-0.2, 0) is 4.74 Å². The van der Waals surface area contributed by atoms with E-state index in [1.54, 1.807) is 0 Å². The maximum atomic E-state index is 6.08. The molecule has 0 bridgehead atoms. The third-order valence-electron chi connectivity index (χ3n) is 4.57. The van der Waals surface area contributed by atoms with Gasteiger partial charge in [0.05, 0.1) is 13.2 Å². The Bertz CT molecular complexity index is 851. The quantitative estimate of drug-likeness (QED) is 0.828. The first-order valence-corrected chi connectivity index (χ1v) is 9.13. The van der Waals surface area contributed by atoms with Crippen LogP contribution in [-0.4, -0.2) is 49.4 Å². The second-order valence-electron chi connectivity index (χ2n) is 6.59. The van der Waals surface area contributed by atoms with E-state index in [4.69, 9.17) is 10.5 Å². The molecule has 0 radical (unpaired) electrons. The van der Waals surface area contributed by atoms with Crippen LogP contribution >= 0.6 is 12.4 Å². The van der Waals surface area contributed by atoms with Crippen molar-refractivity contribution in [2.24, 2.45) is 15.7 Å². The summed E-state index contributed by atoms with van der Waals surface area (Å²) in [4.78, 5) is 13.5. The third kappa shape index (κ3) is 4.37. The number of guanidine groups is 2. The van der Waals surface area contributed by atoms with Crippen molar-refractivity contribution in [3.8, 4) is 0 Å². The molecule has 0 aromatic heterocycles. The van der Waals surface area contributed by atoms with Gasteiger partial charge in [-0.1, -0.05) is 30.3 Å². The minimum atomic E-state index is -0.385. The van der Waals surface area contributed by atoms with Crippen LogP contribution in [0.5, 0.6) is 0 Å². The molecule has 1 saturated heterocycles. The molecule has 2 heterocycles. The van der Waals surface area contributed by atoms with Crippen molar-refractivity contribution in [2.75, 3.05) is 36.5 Å². The average molecular weight is 401 g/mol. The van der Waals surface area contributed by atoms with Crippen molar-refractivity contribution in [3.05, 3.63) is 60.2 Å². The molecule has 2 aromatic rings. The maximum absolute atomic E-state index is 6.08. The molecule has 28 heavy (non-hydrogen) atoms. The minimum Gasteiger partial charge on any atom is -0.378 e. The standard InChI is InChI=1S/C20H24N6O.ClH/c1-15-6-5-9-17(14-15)26-19(22-16-7-3-2-4-8-16)23-18(21)24-20(26)25-10-12-27-13-11-25;/h2-9,14,19,22H,10-13H2,1H3,(H2,21,23);1H. The van der Waals surface area contributed by atoms with Gasteiger partial charge < -0.3 is 20.7 Å². The van der Waals surface area contributed by atoms with Crippen LogP contribution in [0.25, 0.3) is 0 Å². The van der Waals surface area contributed by atoms with Crippen molar-refractivity contribution in [2.45, 2.75) is 13.2 Å². The second-order valence-corrected chi connectivity index (χ2v) is 6.59. The number of aliphatic imine (C=N–C) groups is 2. The Labute approximate surface area is 171 Å². The molecule has 0 amide bonds. The molecule has 1 unspecified atom stereocenters. The maximum Gasteiger partial charge on any atom is 0.222 e. The highest BCUT2D eigenvalue weighted by Gasteiger charge is 2.32. The number of nitrogens with two attached hydrogens (primary N) is 1. The number of morpholine rings is 1. The van der Waals surface area contributed by atoms with Gasteiger partial charge in [-0.05, 0) is 36.8 Å². The summed E-state index contributed by atoms with van der Waals surface area (Å²) in [6.45, 7) is 4.97. The van der Waals surface area contributed by atoms with Crippen molar-refractivity contribution in [1.82, 2.24) is 4.90 Å². The predicted molar refractivity (Wildman–Crippen MR) is 116 cm³/mol. The van der Waals surface area contributed by atoms with Crippen LogP contribution in [0.1, 0.15) is 5.56 Å². The van der Waals surface area contributed by atoms with Gasteiger partial charge in [-0.3, -0.25) is 4.90 Å². The van der Waals surface area contributed by atoms with Gasteiger partial charge in [0.25, 0.3) is 0 Å². The molecule has 2 aliphatic heterocycles. The lowest BCUT2D eigenvalue weighted by atomic mass is 10.2. The molecular weight excluding hydrogens is 376 g/mol. The normalized spacial score (nSPS) is 19.4. The number of anilines is 2. The van der Waals surface area contributed by atoms with Gasteiger partial charge in [-0.15, -0.1) is 12.4 Å². The Hall–Kier alpha value is -2.77. The van der Waals surface area contributed by atoms with E-state index < -0.39 is 0 Å². The Morgan fingerprint density at radius 1 is 1.07 bits per heavy atom. The van der Waals surface area contributed by atoms with E-state index in [1.165, 1.54) is 5.56 Å². The molecule has 0 aliphatic carbocycles. The summed E-state index contributed by atoms with van der Waals surface area (Å²) in [5.41, 5.74) is 9.25. The van der Waals surface area contributed by atoms with Crippen LogP contribution in [0.3, 0.4) is 0 Å². The molecule has 7 nitrogen and oxygen atoms in total. The van der Waals surface area contributed by atoms with Gasteiger partial charge in [0.2, 0.25) is 18.2 Å². The zero-order chi connectivity index (χ0) is 18.6. The molecule has 3 N–H and O–H groups in total. The van der Waals surface area contributed by atoms with E-state index >= 15 is 0 Å². The first-order chi connectivity index (χ1) is 13.2. The number of rotatable bonds is 3. The molecule has 148 valence electrons. The first kappa shape index (κ1) is 20.0. The van der Waals surface area contributed by atoms with Crippen LogP contribution in [0.2, 0.25) is 0 Å². The molecule has 2 aliphatic rings. The monoisotopic (exact) mass is 400 g/mol. The highest BCUT2D eigenvalue weighted by atomic mass is 35.5. The van der Waals surface area contributed by atoms with E-state index in [2.05, 4.69) is 50.2 Å². The van der Waals surface area contributed by atoms with E-state index in [-0.39, 0.29) is 24.7 Å². The number of halogens is 1. The minimum absolute atomic E-state index is 0. The number of hydrogen-bond acceptors (Lipinski definition) is 7. The van der Waals surface area contributed by atoms with Crippen molar-refractivity contribution >= 4 is 35.7 Å². The summed E-state index contributed by atoms with van der Waals surface area (Å²) in [6.07, 6.45) is -0.385. The number of benzene rings is 2. The lowest BCUT2D eigenvalue weighted by molar-refractivity contribution is 0.0671. The van der Waals surface area contributed by atoms with Crippen molar-refractivity contribution < 1.29 is 4.74 Å². The number of nitrogens with zero attached hydrogens (tertiary/aromatic N) is 4. The van der Waals surface area contributed by atoms with Gasteiger partial charge >= 0.3 is 0 Å². The summed E-state index contributed by atoms with van der Waals surface area (Å²) in [5, 5.41) is 3.47. The summed E-state index contributed by atoms with van der Waals surface area (Å²) in [5.74, 6) is 1.07. The zero-order valence-electron chi connectivity index (χ0n) is 15.8. The van der Waals surface area contributed by atoms with E-state index in [9.17, 15) is 0 Å². The number of hydrogen-bond donors (Lipinski definition) is 2. The van der Waals surface area contributed by atoms with Gasteiger partial charge in [-0.25, -0.2) is 4.99 Å². The molecular formula is C20H25ClN6O. The Morgan fingerprint density at radius 3 is 2.54 bits per heavy atom. The summed E-state index contributed by atoms with van der Waals surface area (Å²) < 4.78 is 5.51.